The fourth-order valence-electron chi connectivity index (χ4n) is 3.98. The minimum absolute atomic E-state index is 0. The van der Waals surface area contributed by atoms with Gasteiger partial charge in [-0.25, -0.2) is 13.8 Å². The first-order chi connectivity index (χ1) is 14.3. The monoisotopic (exact) mass is 467 g/mol. The number of aromatic nitrogens is 3. The summed E-state index contributed by atoms with van der Waals surface area (Å²) >= 11 is 1.51. The van der Waals surface area contributed by atoms with Gasteiger partial charge in [0.15, 0.2) is 11.6 Å². The summed E-state index contributed by atoms with van der Waals surface area (Å²) in [5.41, 5.74) is 0.951. The van der Waals surface area contributed by atoms with E-state index in [1.165, 1.54) is 29.7 Å². The van der Waals surface area contributed by atoms with Crippen LogP contribution in [0.2, 0.25) is 0 Å². The summed E-state index contributed by atoms with van der Waals surface area (Å²) < 4.78 is 34.4. The van der Waals surface area contributed by atoms with E-state index in [1.807, 2.05) is 6.92 Å². The average Bonchev–Trinajstić information content (AvgIpc) is 3.34. The maximum atomic E-state index is 13.6. The van der Waals surface area contributed by atoms with Gasteiger partial charge in [-0.15, -0.1) is 11.3 Å². The van der Waals surface area contributed by atoms with Crippen molar-refractivity contribution < 1.29 is 18.4 Å². The highest BCUT2D eigenvalue weighted by molar-refractivity contribution is 7.59. The molecule has 0 amide bonds. The van der Waals surface area contributed by atoms with Crippen molar-refractivity contribution in [3.05, 3.63) is 56.7 Å². The van der Waals surface area contributed by atoms with Crippen LogP contribution in [-0.4, -0.2) is 43.0 Å². The number of imidazole rings is 1. The van der Waals surface area contributed by atoms with Gasteiger partial charge in [-0.2, -0.15) is 13.5 Å². The van der Waals surface area contributed by atoms with Gasteiger partial charge in [0, 0.05) is 35.1 Å². The first-order valence-corrected chi connectivity index (χ1v) is 10.2. The van der Waals surface area contributed by atoms with Gasteiger partial charge in [0.25, 0.3) is 0 Å². The Morgan fingerprint density at radius 3 is 2.84 bits per heavy atom. The Kier molecular flexibility index (Phi) is 5.48. The minimum atomic E-state index is -0.883. The number of halogens is 2. The highest BCUT2D eigenvalue weighted by atomic mass is 32.1. The second-order valence-electron chi connectivity index (χ2n) is 7.80. The lowest BCUT2D eigenvalue weighted by atomic mass is 10.0. The standard InChI is InChI=1S/C19H17F2N5O3S.H2S/c1-19(10-25-8-16(26(27)28)23-18(25)29-19)9-24-5-4-15-14(7-24)22-17(30-15)11-2-3-12(20)13(21)6-11;/h2-3,6,8H,4-5,7,9-10H2,1H3;1H2/t19-;/m0./s1. The van der Waals surface area contributed by atoms with Crippen LogP contribution in [0, 0.1) is 21.7 Å². The maximum Gasteiger partial charge on any atom is 0.415 e. The molecule has 31 heavy (non-hydrogen) atoms. The zero-order chi connectivity index (χ0) is 21.0. The van der Waals surface area contributed by atoms with Crippen LogP contribution < -0.4 is 4.74 Å². The van der Waals surface area contributed by atoms with Gasteiger partial charge in [0.05, 0.1) is 12.2 Å². The van der Waals surface area contributed by atoms with Crippen LogP contribution in [0.1, 0.15) is 17.5 Å². The van der Waals surface area contributed by atoms with Gasteiger partial charge in [-0.3, -0.25) is 9.47 Å². The highest BCUT2D eigenvalue weighted by Gasteiger charge is 2.42. The van der Waals surface area contributed by atoms with E-state index < -0.39 is 22.2 Å². The number of nitrogens with zero attached hydrogens (tertiary/aromatic N) is 5. The molecule has 2 aliphatic rings. The first kappa shape index (κ1) is 21.7. The van der Waals surface area contributed by atoms with Gasteiger partial charge in [-0.05, 0) is 36.5 Å². The van der Waals surface area contributed by atoms with E-state index in [0.29, 0.717) is 30.2 Å². The second kappa shape index (κ2) is 7.84. The zero-order valence-corrected chi connectivity index (χ0v) is 18.3. The molecule has 0 saturated heterocycles. The summed E-state index contributed by atoms with van der Waals surface area (Å²) in [6.45, 7) is 4.48. The van der Waals surface area contributed by atoms with E-state index >= 15 is 0 Å². The van der Waals surface area contributed by atoms with Gasteiger partial charge in [0.1, 0.15) is 16.8 Å². The molecule has 0 bridgehead atoms. The molecule has 0 fully saturated rings. The Morgan fingerprint density at radius 2 is 2.13 bits per heavy atom. The van der Waals surface area contributed by atoms with Crippen molar-refractivity contribution in [1.29, 1.82) is 0 Å². The predicted octanol–water partition coefficient (Wildman–Crippen LogP) is 3.52. The van der Waals surface area contributed by atoms with Crippen LogP contribution in [0.25, 0.3) is 10.6 Å². The SMILES string of the molecule is C[C@]1(CN2CCc3sc(-c4ccc(F)c(F)c4)nc3C2)Cn2cc([N+](=O)[O-])nc2O1.S. The molecule has 0 aliphatic carbocycles. The lowest BCUT2D eigenvalue weighted by Crippen LogP contribution is -2.46. The molecular weight excluding hydrogens is 448 g/mol. The molecule has 2 aliphatic heterocycles. The van der Waals surface area contributed by atoms with Gasteiger partial charge >= 0.3 is 11.8 Å². The normalized spacial score (nSPS) is 20.0. The van der Waals surface area contributed by atoms with E-state index in [2.05, 4.69) is 14.9 Å². The molecule has 4 heterocycles. The fraction of sp³-hybridized carbons (Fsp3) is 0.368. The molecule has 0 radical (unpaired) electrons. The number of benzene rings is 1. The van der Waals surface area contributed by atoms with Crippen LogP contribution in [0.5, 0.6) is 6.01 Å². The fourth-order valence-corrected chi connectivity index (χ4v) is 5.03. The minimum Gasteiger partial charge on any atom is -0.436 e. The summed E-state index contributed by atoms with van der Waals surface area (Å²) in [6, 6.07) is 4.08. The van der Waals surface area contributed by atoms with Crippen LogP contribution in [0.3, 0.4) is 0 Å². The summed E-state index contributed by atoms with van der Waals surface area (Å²) in [7, 11) is 0. The number of nitro groups is 1. The van der Waals surface area contributed by atoms with Gasteiger partial charge in [0.2, 0.25) is 0 Å². The largest absolute Gasteiger partial charge is 0.436 e. The quantitative estimate of drug-likeness (QED) is 0.431. The van der Waals surface area contributed by atoms with Crippen LogP contribution >= 0.6 is 24.8 Å². The molecule has 3 aromatic rings. The average molecular weight is 468 g/mol. The Bertz CT molecular complexity index is 1140. The lowest BCUT2D eigenvalue weighted by Gasteiger charge is -2.32. The molecule has 8 nitrogen and oxygen atoms in total. The predicted molar refractivity (Wildman–Crippen MR) is 115 cm³/mol. The summed E-state index contributed by atoms with van der Waals surface area (Å²) in [5.74, 6) is -1.98. The van der Waals surface area contributed by atoms with E-state index in [9.17, 15) is 18.9 Å². The molecule has 2 aromatic heterocycles. The molecule has 0 saturated carbocycles. The Morgan fingerprint density at radius 1 is 1.32 bits per heavy atom. The summed E-state index contributed by atoms with van der Waals surface area (Å²) in [6.07, 6.45) is 2.20. The summed E-state index contributed by atoms with van der Waals surface area (Å²) in [4.78, 5) is 22.3. The molecule has 164 valence electrons. The smallest absolute Gasteiger partial charge is 0.415 e. The van der Waals surface area contributed by atoms with Crippen molar-refractivity contribution in [1.82, 2.24) is 19.4 Å². The number of hydrogen-bond donors (Lipinski definition) is 0. The van der Waals surface area contributed by atoms with Crippen molar-refractivity contribution in [2.45, 2.75) is 32.0 Å². The van der Waals surface area contributed by atoms with E-state index in [4.69, 9.17) is 4.74 Å². The molecule has 1 aromatic carbocycles. The van der Waals surface area contributed by atoms with Crippen molar-refractivity contribution in [2.24, 2.45) is 0 Å². The molecule has 0 unspecified atom stereocenters. The Labute approximate surface area is 187 Å². The third kappa shape index (κ3) is 4.02. The number of rotatable bonds is 4. The topological polar surface area (TPSA) is 86.3 Å². The van der Waals surface area contributed by atoms with Crippen molar-refractivity contribution in [3.63, 3.8) is 0 Å². The lowest BCUT2D eigenvalue weighted by molar-refractivity contribution is -0.389. The second-order valence-corrected chi connectivity index (χ2v) is 8.88. The molecular formula is C19H19F2N5O3S2. The van der Waals surface area contributed by atoms with Crippen molar-refractivity contribution in [2.75, 3.05) is 13.1 Å². The molecule has 12 heteroatoms. The Hall–Kier alpha value is -2.57. The number of ether oxygens (including phenoxy) is 1. The zero-order valence-electron chi connectivity index (χ0n) is 16.5. The molecule has 0 N–H and O–H groups in total. The van der Waals surface area contributed by atoms with Crippen LogP contribution in [-0.2, 0) is 19.5 Å². The summed E-state index contributed by atoms with van der Waals surface area (Å²) in [5, 5.41) is 11.5. The van der Waals surface area contributed by atoms with E-state index in [1.54, 1.807) is 4.57 Å². The molecule has 5 rings (SSSR count). The molecule has 1 atom stereocenters. The number of fused-ring (bicyclic) bond motifs is 2. The molecule has 0 spiro atoms. The third-order valence-electron chi connectivity index (χ3n) is 5.29. The van der Waals surface area contributed by atoms with Crippen LogP contribution in [0.15, 0.2) is 24.4 Å². The van der Waals surface area contributed by atoms with Crippen molar-refractivity contribution in [3.8, 4) is 16.6 Å². The van der Waals surface area contributed by atoms with Gasteiger partial charge < -0.3 is 14.9 Å². The highest BCUT2D eigenvalue weighted by Crippen LogP contribution is 2.35. The third-order valence-corrected chi connectivity index (χ3v) is 6.49. The van der Waals surface area contributed by atoms with Gasteiger partial charge in [-0.1, -0.05) is 0 Å². The van der Waals surface area contributed by atoms with Crippen LogP contribution in [0.4, 0.5) is 14.6 Å². The Balaban J connectivity index is 0.00000231. The number of thiazole rings is 1. The van der Waals surface area contributed by atoms with Crippen molar-refractivity contribution >= 4 is 30.7 Å². The van der Waals surface area contributed by atoms with E-state index in [0.717, 1.165) is 29.6 Å². The number of hydrogen-bond acceptors (Lipinski definition) is 7. The first-order valence-electron chi connectivity index (χ1n) is 9.37. The maximum absolute atomic E-state index is 13.6. The van der Waals surface area contributed by atoms with E-state index in [-0.39, 0.29) is 25.3 Å².